The molecule has 0 bridgehead atoms. The average molecular weight is 455 g/mol. The molecule has 1 aromatic heterocycles. The first-order valence-electron chi connectivity index (χ1n) is 8.79. The summed E-state index contributed by atoms with van der Waals surface area (Å²) in [5.74, 6) is 2.02. The molecule has 1 heterocycles. The quantitative estimate of drug-likeness (QED) is 0.520. The first-order chi connectivity index (χ1) is 14.0. The summed E-state index contributed by atoms with van der Waals surface area (Å²) >= 11 is 3.41. The molecule has 148 valence electrons. The number of furan rings is 1. The molecule has 0 aliphatic carbocycles. The number of benzene rings is 2. The van der Waals surface area contributed by atoms with Crippen LogP contribution in [0.4, 0.5) is 0 Å². The summed E-state index contributed by atoms with van der Waals surface area (Å²) in [5.41, 5.74) is 1.42. The predicted octanol–water partition coefficient (Wildman–Crippen LogP) is 4.63. The van der Waals surface area contributed by atoms with Gasteiger partial charge in [0.1, 0.15) is 11.5 Å². The minimum Gasteiger partial charge on any atom is -0.493 e. The Balaban J connectivity index is 1.59. The Bertz CT molecular complexity index is 1040. The third-order valence-electron chi connectivity index (χ3n) is 4.25. The minimum atomic E-state index is -0.210. The second kappa shape index (κ2) is 9.30. The van der Waals surface area contributed by atoms with Crippen LogP contribution in [0.15, 0.2) is 63.5 Å². The summed E-state index contributed by atoms with van der Waals surface area (Å²) in [6.07, 6.45) is 0. The van der Waals surface area contributed by atoms with E-state index in [1.54, 1.807) is 25.2 Å². The number of nitrogens with zero attached hydrogens (tertiary/aromatic N) is 2. The van der Waals surface area contributed by atoms with Gasteiger partial charge in [0.05, 0.1) is 25.3 Å². The largest absolute Gasteiger partial charge is 0.493 e. The lowest BCUT2D eigenvalue weighted by molar-refractivity contribution is -0.132. The number of likely N-dealkylation sites (N-methyl/N-ethyl adjacent to an activating group) is 1. The lowest BCUT2D eigenvalue weighted by Gasteiger charge is -2.17. The van der Waals surface area contributed by atoms with Crippen molar-refractivity contribution in [1.82, 2.24) is 4.90 Å². The van der Waals surface area contributed by atoms with Crippen molar-refractivity contribution in [2.45, 2.75) is 6.54 Å². The molecule has 0 unspecified atom stereocenters. The van der Waals surface area contributed by atoms with Gasteiger partial charge in [-0.2, -0.15) is 5.26 Å². The fourth-order valence-electron chi connectivity index (χ4n) is 2.66. The zero-order chi connectivity index (χ0) is 20.8. The maximum absolute atomic E-state index is 12.4. The van der Waals surface area contributed by atoms with E-state index in [1.165, 1.54) is 12.0 Å². The molecule has 0 aliphatic heterocycles. The van der Waals surface area contributed by atoms with Crippen LogP contribution in [0.3, 0.4) is 0 Å². The van der Waals surface area contributed by atoms with Gasteiger partial charge in [0.2, 0.25) is 0 Å². The molecule has 0 atom stereocenters. The third kappa shape index (κ3) is 5.18. The van der Waals surface area contributed by atoms with E-state index in [-0.39, 0.29) is 12.5 Å². The summed E-state index contributed by atoms with van der Waals surface area (Å²) in [4.78, 5) is 13.9. The molecule has 0 aliphatic rings. The van der Waals surface area contributed by atoms with E-state index >= 15 is 0 Å². The molecular weight excluding hydrogens is 436 g/mol. The number of carbonyl (C=O) groups is 1. The molecule has 0 saturated heterocycles. The van der Waals surface area contributed by atoms with Gasteiger partial charge >= 0.3 is 0 Å². The van der Waals surface area contributed by atoms with Crippen LogP contribution >= 0.6 is 15.9 Å². The predicted molar refractivity (Wildman–Crippen MR) is 112 cm³/mol. The van der Waals surface area contributed by atoms with Gasteiger partial charge in [0.15, 0.2) is 18.1 Å². The Kier molecular flexibility index (Phi) is 6.57. The number of amides is 1. The highest BCUT2D eigenvalue weighted by molar-refractivity contribution is 9.10. The van der Waals surface area contributed by atoms with Crippen molar-refractivity contribution in [3.63, 3.8) is 0 Å². The number of halogens is 1. The van der Waals surface area contributed by atoms with Crippen LogP contribution < -0.4 is 9.47 Å². The van der Waals surface area contributed by atoms with E-state index in [0.717, 1.165) is 15.8 Å². The fraction of sp³-hybridized carbons (Fsp3) is 0.182. The Morgan fingerprint density at radius 3 is 2.59 bits per heavy atom. The van der Waals surface area contributed by atoms with E-state index in [1.807, 2.05) is 42.5 Å². The molecule has 0 radical (unpaired) electrons. The lowest BCUT2D eigenvalue weighted by atomic mass is 10.2. The maximum Gasteiger partial charge on any atom is 0.260 e. The highest BCUT2D eigenvalue weighted by atomic mass is 79.9. The zero-order valence-corrected chi connectivity index (χ0v) is 17.6. The molecule has 0 saturated carbocycles. The average Bonchev–Trinajstić information content (AvgIpc) is 3.20. The summed E-state index contributed by atoms with van der Waals surface area (Å²) in [6.45, 7) is 0.169. The molecule has 3 aromatic rings. The first kappa shape index (κ1) is 20.5. The third-order valence-corrected chi connectivity index (χ3v) is 4.78. The number of nitriles is 1. The number of hydrogen-bond acceptors (Lipinski definition) is 5. The summed E-state index contributed by atoms with van der Waals surface area (Å²) in [7, 11) is 3.17. The van der Waals surface area contributed by atoms with Crippen LogP contribution in [-0.4, -0.2) is 31.6 Å². The number of methoxy groups -OCH3 is 1. The summed E-state index contributed by atoms with van der Waals surface area (Å²) in [6, 6.07) is 18.4. The van der Waals surface area contributed by atoms with Crippen molar-refractivity contribution >= 4 is 21.8 Å². The van der Waals surface area contributed by atoms with Crippen molar-refractivity contribution in [3.8, 4) is 28.9 Å². The van der Waals surface area contributed by atoms with Gasteiger partial charge in [-0.05, 0) is 36.4 Å². The highest BCUT2D eigenvalue weighted by Crippen LogP contribution is 2.28. The summed E-state index contributed by atoms with van der Waals surface area (Å²) < 4.78 is 17.6. The van der Waals surface area contributed by atoms with Crippen molar-refractivity contribution in [2.24, 2.45) is 0 Å². The van der Waals surface area contributed by atoms with Gasteiger partial charge in [-0.1, -0.05) is 28.1 Å². The van der Waals surface area contributed by atoms with E-state index in [9.17, 15) is 4.79 Å². The van der Waals surface area contributed by atoms with E-state index in [0.29, 0.717) is 29.4 Å². The van der Waals surface area contributed by atoms with Gasteiger partial charge < -0.3 is 18.8 Å². The van der Waals surface area contributed by atoms with Crippen molar-refractivity contribution in [3.05, 3.63) is 70.4 Å². The monoisotopic (exact) mass is 454 g/mol. The number of carbonyl (C=O) groups excluding carboxylic acids is 1. The van der Waals surface area contributed by atoms with E-state index in [2.05, 4.69) is 15.9 Å². The van der Waals surface area contributed by atoms with Gasteiger partial charge in [-0.25, -0.2) is 0 Å². The second-order valence-electron chi connectivity index (χ2n) is 6.29. The first-order valence-corrected chi connectivity index (χ1v) is 9.59. The summed E-state index contributed by atoms with van der Waals surface area (Å²) in [5, 5.41) is 8.95. The molecule has 0 spiro atoms. The van der Waals surface area contributed by atoms with Gasteiger partial charge in [0, 0.05) is 23.2 Å². The molecule has 7 heteroatoms. The molecule has 2 aromatic carbocycles. The van der Waals surface area contributed by atoms with Crippen LogP contribution in [0.25, 0.3) is 11.3 Å². The molecule has 0 fully saturated rings. The zero-order valence-electron chi connectivity index (χ0n) is 16.0. The van der Waals surface area contributed by atoms with Gasteiger partial charge in [0.25, 0.3) is 5.91 Å². The molecule has 29 heavy (non-hydrogen) atoms. The van der Waals surface area contributed by atoms with Crippen LogP contribution in [0.5, 0.6) is 11.5 Å². The standard InChI is InChI=1S/C22H19BrN2O4/c1-25(13-18-8-10-19(29-18)16-4-6-17(23)7-5-16)22(26)14-28-20-9-3-15(12-24)11-21(20)27-2/h3-11H,13-14H2,1-2H3. The van der Waals surface area contributed by atoms with Crippen LogP contribution in [0.1, 0.15) is 11.3 Å². The Labute approximate surface area is 177 Å². The molecular formula is C22H19BrN2O4. The van der Waals surface area contributed by atoms with Gasteiger partial charge in [-0.15, -0.1) is 0 Å². The van der Waals surface area contributed by atoms with Crippen LogP contribution in [0, 0.1) is 11.3 Å². The number of rotatable bonds is 7. The second-order valence-corrected chi connectivity index (χ2v) is 7.20. The normalized spacial score (nSPS) is 10.3. The minimum absolute atomic E-state index is 0.154. The van der Waals surface area contributed by atoms with E-state index < -0.39 is 0 Å². The SMILES string of the molecule is COc1cc(C#N)ccc1OCC(=O)N(C)Cc1ccc(-c2ccc(Br)cc2)o1. The maximum atomic E-state index is 12.4. The Morgan fingerprint density at radius 1 is 1.14 bits per heavy atom. The smallest absolute Gasteiger partial charge is 0.260 e. The van der Waals surface area contributed by atoms with Crippen molar-refractivity contribution in [2.75, 3.05) is 20.8 Å². The molecule has 0 N–H and O–H groups in total. The number of hydrogen-bond donors (Lipinski definition) is 0. The number of ether oxygens (including phenoxy) is 2. The van der Waals surface area contributed by atoms with Crippen LogP contribution in [0.2, 0.25) is 0 Å². The van der Waals surface area contributed by atoms with Crippen LogP contribution in [-0.2, 0) is 11.3 Å². The van der Waals surface area contributed by atoms with Crippen molar-refractivity contribution < 1.29 is 18.7 Å². The Hall–Kier alpha value is -3.24. The van der Waals surface area contributed by atoms with E-state index in [4.69, 9.17) is 19.2 Å². The Morgan fingerprint density at radius 2 is 1.90 bits per heavy atom. The molecule has 6 nitrogen and oxygen atoms in total. The fourth-order valence-corrected chi connectivity index (χ4v) is 2.92. The highest BCUT2D eigenvalue weighted by Gasteiger charge is 2.15. The lowest BCUT2D eigenvalue weighted by Crippen LogP contribution is -2.30. The molecule has 1 amide bonds. The van der Waals surface area contributed by atoms with Gasteiger partial charge in [-0.3, -0.25) is 4.79 Å². The van der Waals surface area contributed by atoms with Crippen molar-refractivity contribution in [1.29, 1.82) is 5.26 Å². The molecule has 3 rings (SSSR count). The topological polar surface area (TPSA) is 75.7 Å².